The minimum absolute atomic E-state index is 0.0656. The van der Waals surface area contributed by atoms with Gasteiger partial charge >= 0.3 is 5.76 Å². The van der Waals surface area contributed by atoms with Crippen molar-refractivity contribution in [2.45, 2.75) is 63.3 Å². The van der Waals surface area contributed by atoms with Crippen LogP contribution in [-0.4, -0.2) is 57.5 Å². The van der Waals surface area contributed by atoms with E-state index in [-0.39, 0.29) is 10.7 Å². The normalized spacial score (nSPS) is 17.3. The molecule has 0 radical (unpaired) electrons. The van der Waals surface area contributed by atoms with Crippen molar-refractivity contribution >= 4 is 34.5 Å². The zero-order chi connectivity index (χ0) is 24.1. The number of fused-ring (bicyclic) bond motifs is 1. The second-order valence-electron chi connectivity index (χ2n) is 9.47. The lowest BCUT2D eigenvalue weighted by atomic mass is 9.88. The number of aromatic nitrogens is 1. The number of piperidine rings is 1. The summed E-state index contributed by atoms with van der Waals surface area (Å²) in [6.07, 6.45) is 2.24. The molecule has 33 heavy (non-hydrogen) atoms. The van der Waals surface area contributed by atoms with Crippen LogP contribution in [0.15, 0.2) is 33.5 Å². The molecule has 0 saturated carbocycles. The van der Waals surface area contributed by atoms with Gasteiger partial charge in [0, 0.05) is 23.6 Å². The molecule has 1 aromatic carbocycles. The third kappa shape index (κ3) is 6.71. The fourth-order valence-electron chi connectivity index (χ4n) is 3.87. The average molecular weight is 472 g/mol. The van der Waals surface area contributed by atoms with Crippen LogP contribution in [0.5, 0.6) is 0 Å². The fourth-order valence-corrected chi connectivity index (χ4v) is 4.77. The molecule has 0 unspecified atom stereocenters. The largest absolute Gasteiger partial charge is 0.441 e. The van der Waals surface area contributed by atoms with Crippen LogP contribution in [0.25, 0.3) is 11.0 Å². The molecule has 2 N–H and O–H groups in total. The number of nitrogens with zero attached hydrogens (tertiary/aromatic N) is 3. The molecular formula is C24H33N5O3S. The maximum atomic E-state index is 13.4. The van der Waals surface area contributed by atoms with Crippen molar-refractivity contribution in [3.63, 3.8) is 0 Å². The van der Waals surface area contributed by atoms with Crippen molar-refractivity contribution in [3.05, 3.63) is 34.8 Å². The van der Waals surface area contributed by atoms with Gasteiger partial charge in [-0.3, -0.25) is 4.79 Å². The Labute approximate surface area is 199 Å². The average Bonchev–Trinajstić information content (AvgIpc) is 2.77. The molecule has 0 spiro atoms. The molecule has 1 amide bonds. The molecule has 1 aliphatic rings. The summed E-state index contributed by atoms with van der Waals surface area (Å²) in [5.74, 6) is -0.234. The van der Waals surface area contributed by atoms with Gasteiger partial charge in [0.05, 0.1) is 11.5 Å². The summed E-state index contributed by atoms with van der Waals surface area (Å²) in [5, 5.41) is 16.8. The van der Waals surface area contributed by atoms with Gasteiger partial charge < -0.3 is 20.0 Å². The molecule has 1 atom stereocenters. The van der Waals surface area contributed by atoms with Crippen LogP contribution >= 0.6 is 11.8 Å². The minimum Gasteiger partial charge on any atom is -0.408 e. The molecule has 8 nitrogen and oxygen atoms in total. The van der Waals surface area contributed by atoms with Gasteiger partial charge in [-0.05, 0) is 37.9 Å². The summed E-state index contributed by atoms with van der Waals surface area (Å²) >= 11 is 1.63. The van der Waals surface area contributed by atoms with Crippen molar-refractivity contribution in [3.8, 4) is 6.07 Å². The van der Waals surface area contributed by atoms with Gasteiger partial charge in [-0.2, -0.15) is 22.0 Å². The Morgan fingerprint density at radius 2 is 2.03 bits per heavy atom. The summed E-state index contributed by atoms with van der Waals surface area (Å²) in [6, 6.07) is 8.77. The third-order valence-electron chi connectivity index (χ3n) is 5.68. The summed E-state index contributed by atoms with van der Waals surface area (Å²) in [4.78, 5) is 31.8. The number of carbonyl (C=O) groups excluding carboxylic acids is 1. The molecule has 1 aliphatic heterocycles. The number of amides is 1. The highest BCUT2D eigenvalue weighted by molar-refractivity contribution is 8.00. The number of carbonyl (C=O) groups is 1. The first-order valence-corrected chi connectivity index (χ1v) is 12.4. The summed E-state index contributed by atoms with van der Waals surface area (Å²) in [6.45, 7) is 10.9. The van der Waals surface area contributed by atoms with Crippen LogP contribution < -0.4 is 16.4 Å². The lowest BCUT2D eigenvalue weighted by Gasteiger charge is -2.38. The second-order valence-corrected chi connectivity index (χ2v) is 11.3. The number of likely N-dealkylation sites (tertiary alicyclic amines) is 1. The van der Waals surface area contributed by atoms with E-state index >= 15 is 0 Å². The molecule has 1 saturated heterocycles. The maximum absolute atomic E-state index is 13.4. The monoisotopic (exact) mass is 471 g/mol. The van der Waals surface area contributed by atoms with Crippen LogP contribution in [0, 0.1) is 11.3 Å². The number of nitrogens with one attached hydrogen (secondary N) is 2. The van der Waals surface area contributed by atoms with E-state index in [1.807, 2.05) is 6.07 Å². The van der Waals surface area contributed by atoms with Gasteiger partial charge in [-0.1, -0.05) is 39.8 Å². The molecule has 9 heteroatoms. The smallest absolute Gasteiger partial charge is 0.408 e. The number of nitriles is 1. The van der Waals surface area contributed by atoms with Gasteiger partial charge in [-0.25, -0.2) is 4.79 Å². The van der Waals surface area contributed by atoms with E-state index in [4.69, 9.17) is 4.42 Å². The predicted octanol–water partition coefficient (Wildman–Crippen LogP) is 3.38. The van der Waals surface area contributed by atoms with Crippen molar-refractivity contribution in [1.29, 1.82) is 5.26 Å². The predicted molar refractivity (Wildman–Crippen MR) is 132 cm³/mol. The number of rotatable bonds is 8. The van der Waals surface area contributed by atoms with Crippen LogP contribution in [0.1, 0.15) is 47.0 Å². The standard InChI is InChI=1S/C24H33N5O3S/c1-5-12-29-13-10-24(16-25,11-14-29)28-21(30)18(15-33-23(2,3)4)26-20-17-8-6-7-9-19(17)32-22(31)27-20/h6-9,18H,5,10-15H2,1-4H3,(H,28,30)(H,26,27,31)/t18-/m0/s1. The Morgan fingerprint density at radius 1 is 1.33 bits per heavy atom. The van der Waals surface area contributed by atoms with Gasteiger partial charge in [-0.15, -0.1) is 0 Å². The van der Waals surface area contributed by atoms with Crippen molar-refractivity contribution < 1.29 is 9.21 Å². The summed E-state index contributed by atoms with van der Waals surface area (Å²) in [7, 11) is 0. The summed E-state index contributed by atoms with van der Waals surface area (Å²) in [5.41, 5.74) is -0.488. The quantitative estimate of drug-likeness (QED) is 0.603. The lowest BCUT2D eigenvalue weighted by Crippen LogP contribution is -2.58. The highest BCUT2D eigenvalue weighted by Crippen LogP contribution is 2.27. The van der Waals surface area contributed by atoms with E-state index in [1.165, 1.54) is 0 Å². The van der Waals surface area contributed by atoms with Crippen molar-refractivity contribution in [2.75, 3.05) is 30.7 Å². The number of benzene rings is 1. The van der Waals surface area contributed by atoms with E-state index < -0.39 is 17.3 Å². The number of thioether (sulfide) groups is 1. The molecule has 2 aromatic rings. The highest BCUT2D eigenvalue weighted by Gasteiger charge is 2.38. The van der Waals surface area contributed by atoms with Crippen molar-refractivity contribution in [2.24, 2.45) is 0 Å². The third-order valence-corrected chi connectivity index (χ3v) is 7.04. The van der Waals surface area contributed by atoms with Gasteiger partial charge in [0.15, 0.2) is 0 Å². The zero-order valence-electron chi connectivity index (χ0n) is 19.8. The van der Waals surface area contributed by atoms with Gasteiger partial charge in [0.2, 0.25) is 5.91 Å². The number of hydrogen-bond acceptors (Lipinski definition) is 8. The second kappa shape index (κ2) is 10.6. The molecule has 1 aromatic heterocycles. The Morgan fingerprint density at radius 3 is 2.67 bits per heavy atom. The topological polar surface area (TPSA) is 111 Å². The van der Waals surface area contributed by atoms with E-state index in [9.17, 15) is 14.9 Å². The number of hydrogen-bond donors (Lipinski definition) is 2. The van der Waals surface area contributed by atoms with Crippen LogP contribution in [0.3, 0.4) is 0 Å². The summed E-state index contributed by atoms with van der Waals surface area (Å²) < 4.78 is 5.12. The zero-order valence-corrected chi connectivity index (χ0v) is 20.6. The number of anilines is 1. The molecule has 0 aliphatic carbocycles. The Balaban J connectivity index is 1.83. The van der Waals surface area contributed by atoms with E-state index in [1.54, 1.807) is 30.0 Å². The molecule has 178 valence electrons. The minimum atomic E-state index is -0.890. The first kappa shape index (κ1) is 25.1. The van der Waals surface area contributed by atoms with Crippen LogP contribution in [-0.2, 0) is 4.79 Å². The maximum Gasteiger partial charge on any atom is 0.441 e. The first-order chi connectivity index (χ1) is 15.6. The Bertz CT molecular complexity index is 1060. The van der Waals surface area contributed by atoms with Crippen LogP contribution in [0.2, 0.25) is 0 Å². The highest BCUT2D eigenvalue weighted by atomic mass is 32.2. The molecule has 3 rings (SSSR count). The molecule has 2 heterocycles. The van der Waals surface area contributed by atoms with E-state index in [0.29, 0.717) is 35.4 Å². The molecular weight excluding hydrogens is 438 g/mol. The Kier molecular flexibility index (Phi) is 8.03. The molecule has 1 fully saturated rings. The van der Waals surface area contributed by atoms with E-state index in [0.717, 1.165) is 26.1 Å². The number of para-hydroxylation sites is 1. The molecule has 0 bridgehead atoms. The van der Waals surface area contributed by atoms with Crippen LogP contribution in [0.4, 0.5) is 5.82 Å². The van der Waals surface area contributed by atoms with E-state index in [2.05, 4.69) is 54.3 Å². The van der Waals surface area contributed by atoms with Gasteiger partial charge in [0.25, 0.3) is 0 Å². The SMILES string of the molecule is CCCN1CCC(C#N)(NC(=O)[C@H](CSC(C)(C)C)Nc2nc(=O)oc3ccccc23)CC1. The van der Waals surface area contributed by atoms with Gasteiger partial charge in [0.1, 0.15) is 23.0 Å². The Hall–Kier alpha value is -2.57. The first-order valence-electron chi connectivity index (χ1n) is 11.4. The fraction of sp³-hybridized carbons (Fsp3) is 0.583. The lowest BCUT2D eigenvalue weighted by molar-refractivity contribution is -0.123. The van der Waals surface area contributed by atoms with Crippen molar-refractivity contribution in [1.82, 2.24) is 15.2 Å².